The number of hydrogen-bond donors (Lipinski definition) is 1. The van der Waals surface area contributed by atoms with Gasteiger partial charge in [-0.1, -0.05) is 34.5 Å². The van der Waals surface area contributed by atoms with E-state index in [-0.39, 0.29) is 5.91 Å². The van der Waals surface area contributed by atoms with Crippen LogP contribution in [0.25, 0.3) is 0 Å². The number of carbonyl (C=O) groups excluding carboxylic acids is 1. The summed E-state index contributed by atoms with van der Waals surface area (Å²) in [6.45, 7) is 2.79. The van der Waals surface area contributed by atoms with E-state index in [4.69, 9.17) is 11.6 Å². The van der Waals surface area contributed by atoms with Gasteiger partial charge in [0.1, 0.15) is 0 Å². The third-order valence-electron chi connectivity index (χ3n) is 2.39. The van der Waals surface area contributed by atoms with Crippen molar-refractivity contribution in [1.29, 1.82) is 0 Å². The first-order valence-corrected chi connectivity index (χ1v) is 7.63. The fourth-order valence-corrected chi connectivity index (χ4v) is 2.50. The molecule has 1 unspecified atom stereocenters. The molecule has 0 heterocycles. The van der Waals surface area contributed by atoms with Gasteiger partial charge in [0.25, 0.3) is 5.91 Å². The lowest BCUT2D eigenvalue weighted by molar-refractivity contribution is 0.0948. The van der Waals surface area contributed by atoms with Crippen molar-refractivity contribution >= 4 is 49.4 Å². The number of halogens is 3. The van der Waals surface area contributed by atoms with Crippen molar-refractivity contribution in [2.75, 3.05) is 11.9 Å². The van der Waals surface area contributed by atoms with Crippen LogP contribution < -0.4 is 5.32 Å². The molecule has 1 amide bonds. The summed E-state index contributed by atoms with van der Waals surface area (Å²) < 4.78 is 0.795. The minimum atomic E-state index is -0.0826. The smallest absolute Gasteiger partial charge is 0.251 e. The van der Waals surface area contributed by atoms with Gasteiger partial charge in [0.15, 0.2) is 0 Å². The molecular formula is C12H14Br2ClNO. The first kappa shape index (κ1) is 15.0. The Balaban J connectivity index is 2.55. The van der Waals surface area contributed by atoms with Gasteiger partial charge < -0.3 is 5.32 Å². The van der Waals surface area contributed by atoms with E-state index in [1.165, 1.54) is 0 Å². The lowest BCUT2D eigenvalue weighted by atomic mass is 10.1. The molecule has 2 nitrogen and oxygen atoms in total. The summed E-state index contributed by atoms with van der Waals surface area (Å²) in [4.78, 5) is 11.8. The molecule has 0 aliphatic rings. The largest absolute Gasteiger partial charge is 0.352 e. The van der Waals surface area contributed by atoms with Crippen molar-refractivity contribution < 1.29 is 4.79 Å². The Morgan fingerprint density at radius 2 is 2.24 bits per heavy atom. The quantitative estimate of drug-likeness (QED) is 0.757. The van der Waals surface area contributed by atoms with Gasteiger partial charge in [-0.05, 0) is 46.5 Å². The molecule has 1 N–H and O–H groups in total. The summed E-state index contributed by atoms with van der Waals surface area (Å²) in [7, 11) is 0. The van der Waals surface area contributed by atoms with Crippen molar-refractivity contribution in [3.63, 3.8) is 0 Å². The molecule has 1 aromatic rings. The van der Waals surface area contributed by atoms with Gasteiger partial charge in [-0.3, -0.25) is 4.79 Å². The molecule has 1 aromatic carbocycles. The molecule has 0 aliphatic heterocycles. The molecule has 1 rings (SSSR count). The maximum Gasteiger partial charge on any atom is 0.251 e. The van der Waals surface area contributed by atoms with E-state index in [1.54, 1.807) is 18.2 Å². The highest BCUT2D eigenvalue weighted by atomic mass is 79.9. The lowest BCUT2D eigenvalue weighted by Gasteiger charge is -2.11. The first-order valence-electron chi connectivity index (χ1n) is 5.33. The summed E-state index contributed by atoms with van der Waals surface area (Å²) >= 11 is 12.6. The highest BCUT2D eigenvalue weighted by molar-refractivity contribution is 9.10. The zero-order valence-corrected chi connectivity index (χ0v) is 13.4. The zero-order chi connectivity index (χ0) is 12.8. The Labute approximate surface area is 123 Å². The van der Waals surface area contributed by atoms with Crippen LogP contribution in [0.2, 0.25) is 5.02 Å². The molecule has 1 atom stereocenters. The lowest BCUT2D eigenvalue weighted by Crippen LogP contribution is -2.28. The van der Waals surface area contributed by atoms with E-state index < -0.39 is 0 Å². The number of nitrogens with one attached hydrogen (secondary N) is 1. The molecule has 0 saturated carbocycles. The number of amides is 1. The van der Waals surface area contributed by atoms with E-state index in [1.807, 2.05) is 0 Å². The van der Waals surface area contributed by atoms with Crippen LogP contribution in [-0.2, 0) is 0 Å². The van der Waals surface area contributed by atoms with E-state index in [2.05, 4.69) is 44.1 Å². The van der Waals surface area contributed by atoms with Gasteiger partial charge in [-0.25, -0.2) is 0 Å². The number of carbonyl (C=O) groups is 1. The Morgan fingerprint density at radius 3 is 2.82 bits per heavy atom. The van der Waals surface area contributed by atoms with Gasteiger partial charge in [-0.2, -0.15) is 0 Å². The number of rotatable bonds is 5. The maximum absolute atomic E-state index is 11.8. The molecule has 5 heteroatoms. The molecule has 0 saturated heterocycles. The fraction of sp³-hybridized carbons (Fsp3) is 0.417. The molecule has 0 radical (unpaired) electrons. The van der Waals surface area contributed by atoms with Crippen LogP contribution in [0.4, 0.5) is 0 Å². The normalized spacial score (nSPS) is 12.2. The van der Waals surface area contributed by atoms with E-state index in [9.17, 15) is 4.79 Å². The molecule has 0 fully saturated rings. The van der Waals surface area contributed by atoms with Crippen LogP contribution in [0.15, 0.2) is 22.7 Å². The van der Waals surface area contributed by atoms with Crippen molar-refractivity contribution in [2.45, 2.75) is 13.3 Å². The molecule has 0 spiro atoms. The average Bonchev–Trinajstić information content (AvgIpc) is 2.30. The molecule has 0 aliphatic carbocycles. The summed E-state index contributed by atoms with van der Waals surface area (Å²) in [6, 6.07) is 5.19. The summed E-state index contributed by atoms with van der Waals surface area (Å²) in [6.07, 6.45) is 1.04. The van der Waals surface area contributed by atoms with Gasteiger partial charge in [0.05, 0.1) is 5.02 Å². The highest BCUT2D eigenvalue weighted by Crippen LogP contribution is 2.23. The number of hydrogen-bond acceptors (Lipinski definition) is 1. The zero-order valence-electron chi connectivity index (χ0n) is 9.47. The van der Waals surface area contributed by atoms with Crippen LogP contribution in [-0.4, -0.2) is 17.8 Å². The van der Waals surface area contributed by atoms with Crippen molar-refractivity contribution in [2.24, 2.45) is 5.92 Å². The number of alkyl halides is 1. The second kappa shape index (κ2) is 7.39. The molecule has 0 aromatic heterocycles. The molecule has 94 valence electrons. The maximum atomic E-state index is 11.8. The van der Waals surface area contributed by atoms with Gasteiger partial charge >= 0.3 is 0 Å². The standard InChI is InChI=1S/C12H14Br2ClNO/c1-8(4-5-13)7-16-12(17)9-2-3-10(14)11(15)6-9/h2-3,6,8H,4-5,7H2,1H3,(H,16,17). The van der Waals surface area contributed by atoms with Crippen LogP contribution >= 0.6 is 43.5 Å². The van der Waals surface area contributed by atoms with Crippen LogP contribution in [0.1, 0.15) is 23.7 Å². The predicted molar refractivity (Wildman–Crippen MR) is 79.1 cm³/mol. The third-order valence-corrected chi connectivity index (χ3v) is 4.09. The molecular weight excluding hydrogens is 369 g/mol. The highest BCUT2D eigenvalue weighted by Gasteiger charge is 2.09. The average molecular weight is 384 g/mol. The molecule has 0 bridgehead atoms. The van der Waals surface area contributed by atoms with Crippen molar-refractivity contribution in [1.82, 2.24) is 5.32 Å². The Bertz CT molecular complexity index is 398. The second-order valence-corrected chi connectivity index (χ2v) is 5.98. The molecule has 17 heavy (non-hydrogen) atoms. The van der Waals surface area contributed by atoms with E-state index in [0.29, 0.717) is 23.0 Å². The third kappa shape index (κ3) is 4.98. The minimum absolute atomic E-state index is 0.0826. The van der Waals surface area contributed by atoms with Gasteiger partial charge in [0.2, 0.25) is 0 Å². The Hall–Kier alpha value is -0.0600. The van der Waals surface area contributed by atoms with Crippen molar-refractivity contribution in [3.05, 3.63) is 33.3 Å². The van der Waals surface area contributed by atoms with Crippen LogP contribution in [0.5, 0.6) is 0 Å². The van der Waals surface area contributed by atoms with E-state index in [0.717, 1.165) is 16.2 Å². The second-order valence-electron chi connectivity index (χ2n) is 3.92. The van der Waals surface area contributed by atoms with Crippen LogP contribution in [0.3, 0.4) is 0 Å². The van der Waals surface area contributed by atoms with Crippen molar-refractivity contribution in [3.8, 4) is 0 Å². The van der Waals surface area contributed by atoms with E-state index >= 15 is 0 Å². The topological polar surface area (TPSA) is 29.1 Å². The van der Waals surface area contributed by atoms with Crippen LogP contribution in [0, 0.1) is 5.92 Å². The van der Waals surface area contributed by atoms with Gasteiger partial charge in [-0.15, -0.1) is 0 Å². The number of benzene rings is 1. The fourth-order valence-electron chi connectivity index (χ4n) is 1.29. The Kier molecular flexibility index (Phi) is 6.52. The van der Waals surface area contributed by atoms with Gasteiger partial charge in [0, 0.05) is 21.9 Å². The Morgan fingerprint density at radius 1 is 1.53 bits per heavy atom. The first-order chi connectivity index (χ1) is 8.04. The summed E-state index contributed by atoms with van der Waals surface area (Å²) in [5.41, 5.74) is 0.587. The summed E-state index contributed by atoms with van der Waals surface area (Å²) in [5, 5.41) is 4.40. The predicted octanol–water partition coefficient (Wildman–Crippen LogP) is 4.25. The summed E-state index contributed by atoms with van der Waals surface area (Å²) in [5.74, 6) is 0.380. The minimum Gasteiger partial charge on any atom is -0.352 e. The SMILES string of the molecule is CC(CCBr)CNC(=O)c1ccc(Br)c(Cl)c1. The monoisotopic (exact) mass is 381 g/mol.